The first-order valence-electron chi connectivity index (χ1n) is 9.18. The van der Waals surface area contributed by atoms with Gasteiger partial charge in [0.15, 0.2) is 0 Å². The fourth-order valence-corrected chi connectivity index (χ4v) is 3.28. The van der Waals surface area contributed by atoms with Crippen LogP contribution in [0.15, 0.2) is 84.9 Å². The van der Waals surface area contributed by atoms with E-state index in [0.29, 0.717) is 16.8 Å². The minimum Gasteiger partial charge on any atom is -0.383 e. The Bertz CT molecular complexity index is 1260. The number of anilines is 1. The van der Waals surface area contributed by atoms with Gasteiger partial charge >= 0.3 is 0 Å². The molecule has 0 amide bonds. The topological polar surface area (TPSA) is 106 Å². The third kappa shape index (κ3) is 3.60. The van der Waals surface area contributed by atoms with Crippen LogP contribution in [-0.2, 0) is 0 Å². The summed E-state index contributed by atoms with van der Waals surface area (Å²) >= 11 is 0. The van der Waals surface area contributed by atoms with Gasteiger partial charge in [0.25, 0.3) is 5.69 Å². The second-order valence-electron chi connectivity index (χ2n) is 6.67. The van der Waals surface area contributed by atoms with E-state index < -0.39 is 4.92 Å². The summed E-state index contributed by atoms with van der Waals surface area (Å²) in [5.74, 6) is 0.121. The van der Waals surface area contributed by atoms with Crippen LogP contribution in [0.4, 0.5) is 11.5 Å². The maximum atomic E-state index is 10.9. The molecule has 6 heteroatoms. The zero-order valence-electron chi connectivity index (χ0n) is 15.8. The Kier molecular flexibility index (Phi) is 4.93. The van der Waals surface area contributed by atoms with Crippen LogP contribution in [0, 0.1) is 21.4 Å². The number of aromatic nitrogens is 1. The predicted molar refractivity (Wildman–Crippen MR) is 116 cm³/mol. The molecule has 3 aromatic carbocycles. The first-order valence-corrected chi connectivity index (χ1v) is 9.18. The molecule has 0 saturated carbocycles. The molecule has 1 heterocycles. The number of nitriles is 1. The van der Waals surface area contributed by atoms with E-state index in [2.05, 4.69) is 11.1 Å². The molecule has 0 bridgehead atoms. The van der Waals surface area contributed by atoms with Crippen LogP contribution in [-0.4, -0.2) is 9.91 Å². The van der Waals surface area contributed by atoms with Crippen molar-refractivity contribution in [1.29, 1.82) is 5.26 Å². The van der Waals surface area contributed by atoms with E-state index in [-0.39, 0.29) is 17.1 Å². The molecular weight excluding hydrogens is 376 g/mol. The van der Waals surface area contributed by atoms with Crippen LogP contribution >= 0.6 is 0 Å². The van der Waals surface area contributed by atoms with Crippen molar-refractivity contribution in [2.75, 3.05) is 5.73 Å². The Morgan fingerprint density at radius 1 is 0.833 bits per heavy atom. The summed E-state index contributed by atoms with van der Waals surface area (Å²) in [6.45, 7) is 0. The summed E-state index contributed by atoms with van der Waals surface area (Å²) in [6, 6.07) is 27.8. The van der Waals surface area contributed by atoms with Crippen molar-refractivity contribution in [3.05, 3.63) is 101 Å². The van der Waals surface area contributed by atoms with Crippen molar-refractivity contribution in [2.24, 2.45) is 0 Å². The molecule has 0 atom stereocenters. The second-order valence-corrected chi connectivity index (χ2v) is 6.67. The van der Waals surface area contributed by atoms with Gasteiger partial charge < -0.3 is 5.73 Å². The Balaban J connectivity index is 1.76. The number of nitrogens with two attached hydrogens (primary N) is 1. The normalized spacial score (nSPS) is 10.4. The molecule has 0 spiro atoms. The van der Waals surface area contributed by atoms with E-state index >= 15 is 0 Å². The number of non-ortho nitro benzene ring substituents is 1. The van der Waals surface area contributed by atoms with Crippen LogP contribution in [0.5, 0.6) is 0 Å². The summed E-state index contributed by atoms with van der Waals surface area (Å²) in [4.78, 5) is 14.9. The van der Waals surface area contributed by atoms with Gasteiger partial charge in [-0.25, -0.2) is 4.98 Å². The van der Waals surface area contributed by atoms with Crippen molar-refractivity contribution in [3.63, 3.8) is 0 Å². The third-order valence-corrected chi connectivity index (χ3v) is 4.84. The Hall–Kier alpha value is -4.50. The van der Waals surface area contributed by atoms with Crippen LogP contribution in [0.2, 0.25) is 0 Å². The highest BCUT2D eigenvalue weighted by Crippen LogP contribution is 2.32. The SMILES string of the molecule is N#Cc1c(-c2ccc([N+](=O)[O-])cc2)cc(-c2ccc(-c3ccccc3)cc2)nc1N. The van der Waals surface area contributed by atoms with E-state index in [1.807, 2.05) is 54.6 Å². The molecule has 0 aliphatic rings. The largest absolute Gasteiger partial charge is 0.383 e. The quantitative estimate of drug-likeness (QED) is 0.367. The lowest BCUT2D eigenvalue weighted by molar-refractivity contribution is -0.384. The summed E-state index contributed by atoms with van der Waals surface area (Å²) in [7, 11) is 0. The minimum absolute atomic E-state index is 0.0176. The molecule has 0 aliphatic carbocycles. The van der Waals surface area contributed by atoms with E-state index in [1.165, 1.54) is 12.1 Å². The number of hydrogen-bond donors (Lipinski definition) is 1. The Morgan fingerprint density at radius 3 is 2.00 bits per heavy atom. The molecule has 30 heavy (non-hydrogen) atoms. The number of nitro benzene ring substituents is 1. The van der Waals surface area contributed by atoms with E-state index in [0.717, 1.165) is 16.7 Å². The maximum absolute atomic E-state index is 10.9. The number of rotatable bonds is 4. The van der Waals surface area contributed by atoms with Gasteiger partial charge in [-0.3, -0.25) is 10.1 Å². The molecule has 6 nitrogen and oxygen atoms in total. The fraction of sp³-hybridized carbons (Fsp3) is 0. The van der Waals surface area contributed by atoms with Gasteiger partial charge in [0.1, 0.15) is 17.5 Å². The lowest BCUT2D eigenvalue weighted by atomic mass is 9.97. The number of nitrogens with zero attached hydrogens (tertiary/aromatic N) is 3. The van der Waals surface area contributed by atoms with Gasteiger partial charge in [-0.2, -0.15) is 5.26 Å². The summed E-state index contributed by atoms with van der Waals surface area (Å²) in [5.41, 5.74) is 11.2. The van der Waals surface area contributed by atoms with Crippen molar-refractivity contribution in [3.8, 4) is 39.6 Å². The second kappa shape index (κ2) is 7.86. The Labute approximate surface area is 173 Å². The first-order chi connectivity index (χ1) is 14.6. The van der Waals surface area contributed by atoms with Crippen LogP contribution in [0.1, 0.15) is 5.56 Å². The van der Waals surface area contributed by atoms with Crippen molar-refractivity contribution in [2.45, 2.75) is 0 Å². The molecule has 0 fully saturated rings. The number of nitrogen functional groups attached to an aromatic ring is 1. The average molecular weight is 392 g/mol. The van der Waals surface area contributed by atoms with Gasteiger partial charge in [-0.15, -0.1) is 0 Å². The maximum Gasteiger partial charge on any atom is 0.269 e. The van der Waals surface area contributed by atoms with Crippen LogP contribution < -0.4 is 5.73 Å². The summed E-state index contributed by atoms with van der Waals surface area (Å²) in [6.07, 6.45) is 0. The van der Waals surface area contributed by atoms with E-state index in [4.69, 9.17) is 5.73 Å². The summed E-state index contributed by atoms with van der Waals surface area (Å²) in [5, 5.41) is 20.5. The molecule has 0 saturated heterocycles. The molecule has 2 N–H and O–H groups in total. The molecule has 4 rings (SSSR count). The number of nitro groups is 1. The predicted octanol–water partition coefficient (Wildman–Crippen LogP) is 5.44. The lowest BCUT2D eigenvalue weighted by Gasteiger charge is -2.11. The molecule has 4 aromatic rings. The monoisotopic (exact) mass is 392 g/mol. The van der Waals surface area contributed by atoms with Crippen molar-refractivity contribution >= 4 is 11.5 Å². The molecule has 1 aromatic heterocycles. The first kappa shape index (κ1) is 18.8. The van der Waals surface area contributed by atoms with Gasteiger partial charge in [0, 0.05) is 23.3 Å². The average Bonchev–Trinajstić information content (AvgIpc) is 2.79. The number of benzene rings is 3. The highest BCUT2D eigenvalue weighted by atomic mass is 16.6. The molecule has 0 radical (unpaired) electrons. The Morgan fingerprint density at radius 2 is 1.40 bits per heavy atom. The van der Waals surface area contributed by atoms with Gasteiger partial charge in [-0.05, 0) is 34.9 Å². The molecular formula is C24H16N4O2. The molecule has 0 aliphatic heterocycles. The lowest BCUT2D eigenvalue weighted by Crippen LogP contribution is -2.00. The minimum atomic E-state index is -0.463. The fourth-order valence-electron chi connectivity index (χ4n) is 3.28. The zero-order valence-corrected chi connectivity index (χ0v) is 15.8. The smallest absolute Gasteiger partial charge is 0.269 e. The number of pyridine rings is 1. The van der Waals surface area contributed by atoms with Crippen LogP contribution in [0.3, 0.4) is 0 Å². The zero-order chi connectivity index (χ0) is 21.1. The molecule has 144 valence electrons. The highest BCUT2D eigenvalue weighted by molar-refractivity contribution is 5.81. The van der Waals surface area contributed by atoms with Crippen molar-refractivity contribution in [1.82, 2.24) is 4.98 Å². The van der Waals surface area contributed by atoms with Gasteiger partial charge in [-0.1, -0.05) is 54.6 Å². The van der Waals surface area contributed by atoms with Crippen LogP contribution in [0.25, 0.3) is 33.5 Å². The standard InChI is InChI=1S/C24H16N4O2/c25-15-22-21(18-10-12-20(13-11-18)28(29)30)14-23(27-24(22)26)19-8-6-17(7-9-19)16-4-2-1-3-5-16/h1-14H,(H2,26,27). The third-order valence-electron chi connectivity index (χ3n) is 4.84. The highest BCUT2D eigenvalue weighted by Gasteiger charge is 2.15. The molecule has 0 unspecified atom stereocenters. The summed E-state index contributed by atoms with van der Waals surface area (Å²) < 4.78 is 0. The van der Waals surface area contributed by atoms with Crippen molar-refractivity contribution < 1.29 is 4.92 Å². The van der Waals surface area contributed by atoms with Gasteiger partial charge in [0.05, 0.1) is 10.6 Å². The van der Waals surface area contributed by atoms with E-state index in [9.17, 15) is 15.4 Å². The number of hydrogen-bond acceptors (Lipinski definition) is 5. The van der Waals surface area contributed by atoms with Gasteiger partial charge in [0.2, 0.25) is 0 Å². The van der Waals surface area contributed by atoms with E-state index in [1.54, 1.807) is 18.2 Å².